The molecule has 2 aromatic rings. The molecule has 0 unspecified atom stereocenters. The highest BCUT2D eigenvalue weighted by Gasteiger charge is 2.13. The Morgan fingerprint density at radius 3 is 2.64 bits per heavy atom. The predicted molar refractivity (Wildman–Crippen MR) is 101 cm³/mol. The van der Waals surface area contributed by atoms with Crippen LogP contribution in [0.3, 0.4) is 0 Å². The van der Waals surface area contributed by atoms with Gasteiger partial charge in [0, 0.05) is 11.3 Å². The van der Waals surface area contributed by atoms with Gasteiger partial charge in [-0.25, -0.2) is 0 Å². The maximum absolute atomic E-state index is 12.4. The van der Waals surface area contributed by atoms with Gasteiger partial charge in [0.15, 0.2) is 5.11 Å². The Kier molecular flexibility index (Phi) is 6.47. The van der Waals surface area contributed by atoms with Crippen LogP contribution in [0.4, 0.5) is 5.69 Å². The van der Waals surface area contributed by atoms with Crippen molar-refractivity contribution in [2.75, 3.05) is 11.9 Å². The van der Waals surface area contributed by atoms with Crippen molar-refractivity contribution in [1.82, 2.24) is 5.32 Å². The standard InChI is InChI=1S/C18H19N3O3S/c1-2-10-24-15-9-4-3-8-14(15)17(23)21-18(25)20-13-7-5-6-12(11-13)16(19)22/h3-9,11H,2,10H2,1H3,(H2,19,22)(H2,20,21,23,25). The fourth-order valence-corrected chi connectivity index (χ4v) is 2.29. The number of carbonyl (C=O) groups excluding carboxylic acids is 2. The summed E-state index contributed by atoms with van der Waals surface area (Å²) in [5, 5.41) is 5.56. The molecule has 2 rings (SSSR count). The van der Waals surface area contributed by atoms with Crippen LogP contribution in [-0.2, 0) is 0 Å². The number of nitrogens with two attached hydrogens (primary N) is 1. The first-order chi connectivity index (χ1) is 12.0. The molecule has 4 N–H and O–H groups in total. The second-order valence-corrected chi connectivity index (χ2v) is 5.61. The number of carbonyl (C=O) groups is 2. The Hall–Kier alpha value is -2.93. The molecule has 7 heteroatoms. The minimum Gasteiger partial charge on any atom is -0.493 e. The van der Waals surface area contributed by atoms with E-state index in [9.17, 15) is 9.59 Å². The van der Waals surface area contributed by atoms with E-state index in [1.807, 2.05) is 6.92 Å². The van der Waals surface area contributed by atoms with Crippen molar-refractivity contribution in [2.24, 2.45) is 5.73 Å². The van der Waals surface area contributed by atoms with Gasteiger partial charge in [-0.05, 0) is 49.0 Å². The van der Waals surface area contributed by atoms with E-state index in [2.05, 4.69) is 10.6 Å². The maximum atomic E-state index is 12.4. The number of thiocarbonyl (C=S) groups is 1. The first-order valence-electron chi connectivity index (χ1n) is 7.75. The first kappa shape index (κ1) is 18.4. The van der Waals surface area contributed by atoms with Gasteiger partial charge in [0.2, 0.25) is 5.91 Å². The number of amides is 2. The normalized spacial score (nSPS) is 9.96. The molecule has 0 aliphatic carbocycles. The molecule has 0 saturated carbocycles. The van der Waals surface area contributed by atoms with Crippen LogP contribution in [0.2, 0.25) is 0 Å². The highest BCUT2D eigenvalue weighted by atomic mass is 32.1. The Morgan fingerprint density at radius 2 is 1.92 bits per heavy atom. The quantitative estimate of drug-likeness (QED) is 0.691. The lowest BCUT2D eigenvalue weighted by atomic mass is 10.2. The zero-order valence-electron chi connectivity index (χ0n) is 13.7. The summed E-state index contributed by atoms with van der Waals surface area (Å²) in [5.41, 5.74) is 6.54. The molecule has 0 radical (unpaired) electrons. The smallest absolute Gasteiger partial charge is 0.261 e. The third-order valence-corrected chi connectivity index (χ3v) is 3.43. The topological polar surface area (TPSA) is 93.4 Å². The lowest BCUT2D eigenvalue weighted by molar-refractivity contribution is 0.0971. The third-order valence-electron chi connectivity index (χ3n) is 3.23. The van der Waals surface area contributed by atoms with Crippen molar-refractivity contribution >= 4 is 34.8 Å². The second-order valence-electron chi connectivity index (χ2n) is 5.20. The van der Waals surface area contributed by atoms with E-state index in [-0.39, 0.29) is 11.0 Å². The number of anilines is 1. The van der Waals surface area contributed by atoms with Gasteiger partial charge >= 0.3 is 0 Å². The largest absolute Gasteiger partial charge is 0.493 e. The molecule has 0 spiro atoms. The number of hydrogen-bond acceptors (Lipinski definition) is 4. The molecule has 0 heterocycles. The molecule has 2 amide bonds. The summed E-state index contributed by atoms with van der Waals surface area (Å²) in [6.07, 6.45) is 0.839. The summed E-state index contributed by atoms with van der Waals surface area (Å²) in [6, 6.07) is 13.5. The van der Waals surface area contributed by atoms with Gasteiger partial charge in [0.1, 0.15) is 5.75 Å². The van der Waals surface area contributed by atoms with Crippen LogP contribution in [-0.4, -0.2) is 23.5 Å². The molecular formula is C18H19N3O3S. The number of ether oxygens (including phenoxy) is 1. The van der Waals surface area contributed by atoms with Crippen molar-refractivity contribution in [3.8, 4) is 5.75 Å². The van der Waals surface area contributed by atoms with E-state index in [4.69, 9.17) is 22.7 Å². The van der Waals surface area contributed by atoms with Gasteiger partial charge in [0.25, 0.3) is 5.91 Å². The monoisotopic (exact) mass is 357 g/mol. The van der Waals surface area contributed by atoms with Crippen LogP contribution in [0, 0.1) is 0 Å². The van der Waals surface area contributed by atoms with Gasteiger partial charge in [-0.2, -0.15) is 0 Å². The van der Waals surface area contributed by atoms with Crippen LogP contribution in [0.5, 0.6) is 5.75 Å². The summed E-state index contributed by atoms with van der Waals surface area (Å²) in [5.74, 6) is -0.420. The van der Waals surface area contributed by atoms with Crippen LogP contribution in [0.1, 0.15) is 34.1 Å². The minimum atomic E-state index is -0.541. The molecule has 0 atom stereocenters. The fourth-order valence-electron chi connectivity index (χ4n) is 2.08. The highest BCUT2D eigenvalue weighted by Crippen LogP contribution is 2.18. The molecule has 0 aromatic heterocycles. The number of benzene rings is 2. The Bertz CT molecular complexity index is 793. The summed E-state index contributed by atoms with van der Waals surface area (Å²) < 4.78 is 5.57. The number of nitrogens with one attached hydrogen (secondary N) is 2. The van der Waals surface area contributed by atoms with Gasteiger partial charge in [-0.3, -0.25) is 14.9 Å². The minimum absolute atomic E-state index is 0.108. The summed E-state index contributed by atoms with van der Waals surface area (Å²) in [4.78, 5) is 23.6. The zero-order chi connectivity index (χ0) is 18.2. The number of para-hydroxylation sites is 1. The molecule has 0 fully saturated rings. The number of hydrogen-bond donors (Lipinski definition) is 3. The van der Waals surface area contributed by atoms with E-state index in [1.54, 1.807) is 48.5 Å². The lowest BCUT2D eigenvalue weighted by Crippen LogP contribution is -2.34. The molecular weight excluding hydrogens is 338 g/mol. The van der Waals surface area contributed by atoms with Crippen LogP contribution in [0.15, 0.2) is 48.5 Å². The predicted octanol–water partition coefficient (Wildman–Crippen LogP) is 2.70. The Morgan fingerprint density at radius 1 is 1.16 bits per heavy atom. The van der Waals surface area contributed by atoms with E-state index >= 15 is 0 Å². The molecule has 0 aliphatic rings. The Labute approximate surface area is 151 Å². The number of rotatable bonds is 6. The fraction of sp³-hybridized carbons (Fsp3) is 0.167. The van der Waals surface area contributed by atoms with Crippen molar-refractivity contribution in [3.05, 3.63) is 59.7 Å². The van der Waals surface area contributed by atoms with E-state index in [1.165, 1.54) is 0 Å². The average molecular weight is 357 g/mol. The summed E-state index contributed by atoms with van der Waals surface area (Å²) in [6.45, 7) is 2.51. The van der Waals surface area contributed by atoms with Gasteiger partial charge in [-0.15, -0.1) is 0 Å². The van der Waals surface area contributed by atoms with Crippen molar-refractivity contribution in [1.29, 1.82) is 0 Å². The molecule has 0 saturated heterocycles. The molecule has 25 heavy (non-hydrogen) atoms. The lowest BCUT2D eigenvalue weighted by Gasteiger charge is -2.13. The molecule has 6 nitrogen and oxygen atoms in total. The zero-order valence-corrected chi connectivity index (χ0v) is 14.6. The van der Waals surface area contributed by atoms with E-state index in [0.29, 0.717) is 29.2 Å². The highest BCUT2D eigenvalue weighted by molar-refractivity contribution is 7.80. The maximum Gasteiger partial charge on any atom is 0.261 e. The van der Waals surface area contributed by atoms with Gasteiger partial charge < -0.3 is 15.8 Å². The molecule has 130 valence electrons. The molecule has 2 aromatic carbocycles. The number of primary amides is 1. The summed E-state index contributed by atoms with van der Waals surface area (Å²) in [7, 11) is 0. The summed E-state index contributed by atoms with van der Waals surface area (Å²) >= 11 is 5.15. The Balaban J connectivity index is 2.04. The van der Waals surface area contributed by atoms with Crippen LogP contribution in [0.25, 0.3) is 0 Å². The van der Waals surface area contributed by atoms with E-state index in [0.717, 1.165) is 6.42 Å². The van der Waals surface area contributed by atoms with Crippen LogP contribution < -0.4 is 21.1 Å². The van der Waals surface area contributed by atoms with Crippen molar-refractivity contribution < 1.29 is 14.3 Å². The van der Waals surface area contributed by atoms with Crippen LogP contribution >= 0.6 is 12.2 Å². The molecule has 0 bridgehead atoms. The third kappa shape index (κ3) is 5.29. The van der Waals surface area contributed by atoms with Gasteiger partial charge in [-0.1, -0.05) is 25.1 Å². The first-order valence-corrected chi connectivity index (χ1v) is 8.16. The average Bonchev–Trinajstić information content (AvgIpc) is 2.60. The van der Waals surface area contributed by atoms with Crippen molar-refractivity contribution in [3.63, 3.8) is 0 Å². The second kappa shape index (κ2) is 8.79. The SMILES string of the molecule is CCCOc1ccccc1C(=O)NC(=S)Nc1cccc(C(N)=O)c1. The van der Waals surface area contributed by atoms with Crippen molar-refractivity contribution in [2.45, 2.75) is 13.3 Å². The van der Waals surface area contributed by atoms with Gasteiger partial charge in [0.05, 0.1) is 12.2 Å². The van der Waals surface area contributed by atoms with E-state index < -0.39 is 5.91 Å². The molecule has 0 aliphatic heterocycles.